The minimum Gasteiger partial charge on any atom is -0.339 e. The number of aryl methyl sites for hydroxylation is 1. The first kappa shape index (κ1) is 21.0. The van der Waals surface area contributed by atoms with Crippen molar-refractivity contribution in [3.63, 3.8) is 0 Å². The van der Waals surface area contributed by atoms with E-state index in [1.165, 1.54) is 6.92 Å². The van der Waals surface area contributed by atoms with Crippen LogP contribution in [0.3, 0.4) is 0 Å². The Balaban J connectivity index is 1.54. The number of halogens is 5. The second-order valence-corrected chi connectivity index (χ2v) is 7.55. The predicted octanol–water partition coefficient (Wildman–Crippen LogP) is 3.86. The molecule has 1 saturated heterocycles. The third-order valence-corrected chi connectivity index (χ3v) is 5.41. The van der Waals surface area contributed by atoms with E-state index < -0.39 is 11.9 Å². The molecule has 0 radical (unpaired) electrons. The predicted molar refractivity (Wildman–Crippen MR) is 100 cm³/mol. The van der Waals surface area contributed by atoms with E-state index in [4.69, 9.17) is 23.2 Å². The Hall–Kier alpha value is -1.77. The molecule has 28 heavy (non-hydrogen) atoms. The molecule has 1 fully saturated rings. The molecule has 1 amide bonds. The van der Waals surface area contributed by atoms with Gasteiger partial charge in [0.25, 0.3) is 0 Å². The normalized spacial score (nSPS) is 15.9. The van der Waals surface area contributed by atoms with Crippen molar-refractivity contribution in [3.05, 3.63) is 51.3 Å². The second-order valence-electron chi connectivity index (χ2n) is 6.73. The van der Waals surface area contributed by atoms with E-state index in [-0.39, 0.29) is 12.5 Å². The molecule has 0 unspecified atom stereocenters. The van der Waals surface area contributed by atoms with Crippen LogP contribution in [0.25, 0.3) is 0 Å². The number of nitrogens with zero attached hydrogens (tertiary/aromatic N) is 4. The van der Waals surface area contributed by atoms with Gasteiger partial charge in [0.05, 0.1) is 10.0 Å². The maximum atomic E-state index is 12.8. The highest BCUT2D eigenvalue weighted by Crippen LogP contribution is 2.28. The first-order valence-electron chi connectivity index (χ1n) is 8.69. The van der Waals surface area contributed by atoms with Gasteiger partial charge in [-0.1, -0.05) is 29.3 Å². The molecule has 2 aromatic rings. The Bertz CT molecular complexity index is 861. The molecule has 0 spiro atoms. The minimum atomic E-state index is -4.52. The standard InChI is InChI=1S/C18H19Cl2F3N4O/c1-12-8-16(18(21,22)23)24-27(12)11-17(28)26-6-4-25(5-7-26)10-13-2-3-14(19)15(20)9-13/h2-3,8-9H,4-7,10-11H2,1H3. The van der Waals surface area contributed by atoms with Gasteiger partial charge in [-0.25, -0.2) is 0 Å². The van der Waals surface area contributed by atoms with Gasteiger partial charge in [-0.3, -0.25) is 14.4 Å². The van der Waals surface area contributed by atoms with Crippen molar-refractivity contribution in [2.75, 3.05) is 26.2 Å². The molecule has 1 aromatic carbocycles. The molecule has 1 aliphatic heterocycles. The number of carbonyl (C=O) groups excluding carboxylic acids is 1. The summed E-state index contributed by atoms with van der Waals surface area (Å²) in [5, 5.41) is 4.52. The molecule has 152 valence electrons. The third kappa shape index (κ3) is 4.98. The van der Waals surface area contributed by atoms with E-state index in [0.717, 1.165) is 16.3 Å². The van der Waals surface area contributed by atoms with Gasteiger partial charge in [0.1, 0.15) is 6.54 Å². The fourth-order valence-corrected chi connectivity index (χ4v) is 3.41. The smallest absolute Gasteiger partial charge is 0.339 e. The molecule has 1 aliphatic rings. The van der Waals surface area contributed by atoms with Gasteiger partial charge in [0, 0.05) is 38.4 Å². The van der Waals surface area contributed by atoms with Gasteiger partial charge >= 0.3 is 6.18 Å². The topological polar surface area (TPSA) is 41.4 Å². The van der Waals surface area contributed by atoms with Crippen LogP contribution < -0.4 is 0 Å². The van der Waals surface area contributed by atoms with Gasteiger partial charge in [-0.05, 0) is 30.7 Å². The maximum absolute atomic E-state index is 12.8. The third-order valence-electron chi connectivity index (χ3n) is 4.67. The number of alkyl halides is 3. The largest absolute Gasteiger partial charge is 0.435 e. The molecule has 0 saturated carbocycles. The molecular formula is C18H19Cl2F3N4O. The number of benzene rings is 1. The lowest BCUT2D eigenvalue weighted by atomic mass is 10.2. The van der Waals surface area contributed by atoms with Crippen LogP contribution >= 0.6 is 23.2 Å². The van der Waals surface area contributed by atoms with Crippen LogP contribution in [-0.2, 0) is 24.1 Å². The van der Waals surface area contributed by atoms with Gasteiger partial charge in [-0.15, -0.1) is 0 Å². The summed E-state index contributed by atoms with van der Waals surface area (Å²) >= 11 is 12.0. The van der Waals surface area contributed by atoms with Crippen LogP contribution in [0.4, 0.5) is 13.2 Å². The summed E-state index contributed by atoms with van der Waals surface area (Å²) in [5.74, 6) is -0.242. The molecule has 1 aromatic heterocycles. The lowest BCUT2D eigenvalue weighted by molar-refractivity contribution is -0.142. The Labute approximate surface area is 170 Å². The first-order chi connectivity index (χ1) is 13.1. The summed E-state index contributed by atoms with van der Waals surface area (Å²) in [6.45, 7) is 4.33. The van der Waals surface area contributed by atoms with Crippen LogP contribution in [0.15, 0.2) is 24.3 Å². The van der Waals surface area contributed by atoms with E-state index in [1.807, 2.05) is 12.1 Å². The summed E-state index contributed by atoms with van der Waals surface area (Å²) < 4.78 is 39.4. The van der Waals surface area contributed by atoms with E-state index in [9.17, 15) is 18.0 Å². The number of carbonyl (C=O) groups is 1. The lowest BCUT2D eigenvalue weighted by Gasteiger charge is -2.34. The molecule has 10 heteroatoms. The Kier molecular flexibility index (Phi) is 6.21. The van der Waals surface area contributed by atoms with Crippen LogP contribution in [0, 0.1) is 6.92 Å². The van der Waals surface area contributed by atoms with Crippen molar-refractivity contribution in [2.45, 2.75) is 26.2 Å². The SMILES string of the molecule is Cc1cc(C(F)(F)F)nn1CC(=O)N1CCN(Cc2ccc(Cl)c(Cl)c2)CC1. The van der Waals surface area contributed by atoms with Crippen molar-refractivity contribution in [3.8, 4) is 0 Å². The zero-order valence-corrected chi connectivity index (χ0v) is 16.7. The molecule has 0 bridgehead atoms. The molecule has 2 heterocycles. The number of rotatable bonds is 4. The molecular weight excluding hydrogens is 416 g/mol. The highest BCUT2D eigenvalue weighted by Gasteiger charge is 2.34. The number of hydrogen-bond donors (Lipinski definition) is 0. The summed E-state index contributed by atoms with van der Waals surface area (Å²) in [5.41, 5.74) is 0.351. The monoisotopic (exact) mass is 434 g/mol. The second kappa shape index (κ2) is 8.31. The fourth-order valence-electron chi connectivity index (χ4n) is 3.09. The first-order valence-corrected chi connectivity index (χ1v) is 9.45. The molecule has 3 rings (SSSR count). The number of piperazine rings is 1. The van der Waals surface area contributed by atoms with Gasteiger partial charge in [0.15, 0.2) is 5.69 Å². The highest BCUT2D eigenvalue weighted by atomic mass is 35.5. The van der Waals surface area contributed by atoms with Crippen molar-refractivity contribution in [2.24, 2.45) is 0 Å². The summed E-state index contributed by atoms with van der Waals surface area (Å²) in [6.07, 6.45) is -4.52. The Morgan fingerprint density at radius 2 is 1.79 bits per heavy atom. The molecule has 5 nitrogen and oxygen atoms in total. The van der Waals surface area contributed by atoms with E-state index >= 15 is 0 Å². The van der Waals surface area contributed by atoms with Gasteiger partial charge in [-0.2, -0.15) is 18.3 Å². The Morgan fingerprint density at radius 3 is 2.36 bits per heavy atom. The molecule has 0 aliphatic carbocycles. The average Bonchev–Trinajstić information content (AvgIpc) is 3.00. The molecule has 0 N–H and O–H groups in total. The quantitative estimate of drug-likeness (QED) is 0.733. The van der Waals surface area contributed by atoms with E-state index in [2.05, 4.69) is 10.00 Å². The van der Waals surface area contributed by atoms with Crippen LogP contribution in [0.2, 0.25) is 10.0 Å². The van der Waals surface area contributed by atoms with Crippen LogP contribution in [-0.4, -0.2) is 51.7 Å². The van der Waals surface area contributed by atoms with E-state index in [1.54, 1.807) is 11.0 Å². The zero-order valence-electron chi connectivity index (χ0n) is 15.1. The van der Waals surface area contributed by atoms with Gasteiger partial charge in [0.2, 0.25) is 5.91 Å². The number of amides is 1. The maximum Gasteiger partial charge on any atom is 0.435 e. The van der Waals surface area contributed by atoms with Crippen LogP contribution in [0.5, 0.6) is 0 Å². The van der Waals surface area contributed by atoms with Crippen molar-refractivity contribution < 1.29 is 18.0 Å². The fraction of sp³-hybridized carbons (Fsp3) is 0.444. The molecule has 0 atom stereocenters. The summed E-state index contributed by atoms with van der Waals surface area (Å²) in [7, 11) is 0. The average molecular weight is 435 g/mol. The number of hydrogen-bond acceptors (Lipinski definition) is 3. The highest BCUT2D eigenvalue weighted by molar-refractivity contribution is 6.42. The van der Waals surface area contributed by atoms with Crippen molar-refractivity contribution >= 4 is 29.1 Å². The van der Waals surface area contributed by atoms with Crippen molar-refractivity contribution in [1.29, 1.82) is 0 Å². The van der Waals surface area contributed by atoms with Crippen LogP contribution in [0.1, 0.15) is 17.0 Å². The summed E-state index contributed by atoms with van der Waals surface area (Å²) in [6, 6.07) is 6.42. The van der Waals surface area contributed by atoms with Crippen molar-refractivity contribution in [1.82, 2.24) is 19.6 Å². The van der Waals surface area contributed by atoms with Gasteiger partial charge < -0.3 is 4.90 Å². The minimum absolute atomic E-state index is 0.200. The Morgan fingerprint density at radius 1 is 1.11 bits per heavy atom. The number of aromatic nitrogens is 2. The lowest BCUT2D eigenvalue weighted by Crippen LogP contribution is -2.49. The zero-order chi connectivity index (χ0) is 20.5. The van der Waals surface area contributed by atoms with E-state index in [0.29, 0.717) is 48.5 Å². The summed E-state index contributed by atoms with van der Waals surface area (Å²) in [4.78, 5) is 16.3.